The second-order valence-corrected chi connectivity index (χ2v) is 5.81. The minimum absolute atomic E-state index is 0.0347. The van der Waals surface area contributed by atoms with Crippen LogP contribution in [0.15, 0.2) is 28.9 Å². The fourth-order valence-corrected chi connectivity index (χ4v) is 2.59. The Kier molecular flexibility index (Phi) is 4.75. The average molecular weight is 359 g/mol. The Hall–Kier alpha value is -1.01. The second kappa shape index (κ2) is 6.18. The number of hydrogen-bond donors (Lipinski definition) is 2. The third-order valence-electron chi connectivity index (χ3n) is 3.07. The van der Waals surface area contributed by atoms with Gasteiger partial charge in [-0.25, -0.2) is 9.82 Å². The molecule has 3 nitrogen and oxygen atoms in total. The molecule has 6 heteroatoms. The summed E-state index contributed by atoms with van der Waals surface area (Å²) in [5.74, 6) is 5.08. The maximum Gasteiger partial charge on any atom is 0.148 e. The Morgan fingerprint density at radius 1 is 1.40 bits per heavy atom. The van der Waals surface area contributed by atoms with Gasteiger partial charge in [0, 0.05) is 16.2 Å². The van der Waals surface area contributed by atoms with E-state index in [1.54, 1.807) is 18.3 Å². The Morgan fingerprint density at radius 2 is 2.10 bits per heavy atom. The summed E-state index contributed by atoms with van der Waals surface area (Å²) in [6.07, 6.45) is 1.73. The molecule has 0 radical (unpaired) electrons. The number of rotatable bonds is 3. The van der Waals surface area contributed by atoms with Crippen molar-refractivity contribution in [3.8, 4) is 0 Å². The highest BCUT2D eigenvalue weighted by Crippen LogP contribution is 2.32. The number of nitrogens with zero attached hydrogens (tertiary/aromatic N) is 1. The van der Waals surface area contributed by atoms with E-state index in [4.69, 9.17) is 17.4 Å². The second-order valence-electron chi connectivity index (χ2n) is 4.58. The Bertz CT molecular complexity index is 649. The smallest absolute Gasteiger partial charge is 0.148 e. The molecular formula is C14H14BrClFN3. The van der Waals surface area contributed by atoms with Crippen molar-refractivity contribution in [2.24, 2.45) is 5.84 Å². The van der Waals surface area contributed by atoms with Gasteiger partial charge < -0.3 is 0 Å². The number of benzene rings is 1. The summed E-state index contributed by atoms with van der Waals surface area (Å²) >= 11 is 9.12. The zero-order chi connectivity index (χ0) is 14.9. The van der Waals surface area contributed by atoms with Crippen molar-refractivity contribution < 1.29 is 4.39 Å². The fraction of sp³-hybridized carbons (Fsp3) is 0.214. The minimum atomic E-state index is -0.554. The molecule has 20 heavy (non-hydrogen) atoms. The summed E-state index contributed by atoms with van der Waals surface area (Å²) in [5.41, 5.74) is 5.62. The van der Waals surface area contributed by atoms with Crippen molar-refractivity contribution >= 4 is 27.5 Å². The van der Waals surface area contributed by atoms with Crippen molar-refractivity contribution in [2.75, 3.05) is 0 Å². The lowest BCUT2D eigenvalue weighted by Crippen LogP contribution is -2.31. The van der Waals surface area contributed by atoms with Gasteiger partial charge in [0.2, 0.25) is 0 Å². The lowest BCUT2D eigenvalue weighted by atomic mass is 9.99. The van der Waals surface area contributed by atoms with Crippen LogP contribution in [0.1, 0.15) is 28.4 Å². The van der Waals surface area contributed by atoms with E-state index in [0.717, 1.165) is 11.1 Å². The first-order valence-electron chi connectivity index (χ1n) is 5.98. The van der Waals surface area contributed by atoms with Crippen LogP contribution in [0.25, 0.3) is 0 Å². The van der Waals surface area contributed by atoms with Crippen LogP contribution in [0, 0.1) is 19.7 Å². The number of aryl methyl sites for hydroxylation is 2. The van der Waals surface area contributed by atoms with Crippen LogP contribution in [-0.4, -0.2) is 4.98 Å². The lowest BCUT2D eigenvalue weighted by molar-refractivity contribution is 0.551. The fourth-order valence-electron chi connectivity index (χ4n) is 2.11. The molecule has 1 aromatic heterocycles. The van der Waals surface area contributed by atoms with Gasteiger partial charge in [0.1, 0.15) is 5.82 Å². The highest BCUT2D eigenvalue weighted by atomic mass is 79.9. The number of pyridine rings is 1. The average Bonchev–Trinajstić information content (AvgIpc) is 2.41. The zero-order valence-corrected chi connectivity index (χ0v) is 13.4. The van der Waals surface area contributed by atoms with Crippen LogP contribution in [0.4, 0.5) is 4.39 Å². The monoisotopic (exact) mass is 357 g/mol. The first kappa shape index (κ1) is 15.4. The number of nitrogens with one attached hydrogen (secondary N) is 1. The molecule has 1 heterocycles. The Labute approximate surface area is 130 Å². The number of aromatic nitrogens is 1. The van der Waals surface area contributed by atoms with Crippen molar-refractivity contribution in [3.63, 3.8) is 0 Å². The highest BCUT2D eigenvalue weighted by molar-refractivity contribution is 9.10. The quantitative estimate of drug-likeness (QED) is 0.498. The van der Waals surface area contributed by atoms with Crippen LogP contribution in [0.5, 0.6) is 0 Å². The molecule has 106 valence electrons. The maximum atomic E-state index is 14.3. The van der Waals surface area contributed by atoms with Crippen LogP contribution >= 0.6 is 27.5 Å². The summed E-state index contributed by atoms with van der Waals surface area (Å²) in [6.45, 7) is 3.86. The van der Waals surface area contributed by atoms with E-state index in [1.165, 1.54) is 0 Å². The van der Waals surface area contributed by atoms with Crippen LogP contribution in [0.3, 0.4) is 0 Å². The summed E-state index contributed by atoms with van der Waals surface area (Å²) in [7, 11) is 0. The molecule has 0 bridgehead atoms. The summed E-state index contributed by atoms with van der Waals surface area (Å²) in [5, 5.41) is 0.0347. The molecule has 0 saturated heterocycles. The number of hydrazine groups is 1. The SMILES string of the molecule is Cc1cnc(C(NN)c2ccc(Br)c(Cl)c2F)c(C)c1. The summed E-state index contributed by atoms with van der Waals surface area (Å²) < 4.78 is 14.8. The third-order valence-corrected chi connectivity index (χ3v) is 4.33. The molecule has 0 aliphatic rings. The zero-order valence-electron chi connectivity index (χ0n) is 11.0. The maximum absolute atomic E-state index is 14.3. The van der Waals surface area contributed by atoms with Crippen molar-refractivity contribution in [2.45, 2.75) is 19.9 Å². The summed E-state index contributed by atoms with van der Waals surface area (Å²) in [6, 6.07) is 4.75. The number of nitrogens with two attached hydrogens (primary N) is 1. The molecule has 0 aliphatic heterocycles. The van der Waals surface area contributed by atoms with Gasteiger partial charge in [0.25, 0.3) is 0 Å². The topological polar surface area (TPSA) is 50.9 Å². The van der Waals surface area contributed by atoms with Gasteiger partial charge in [-0.3, -0.25) is 10.8 Å². The molecule has 0 fully saturated rings. The van der Waals surface area contributed by atoms with Crippen LogP contribution < -0.4 is 11.3 Å². The molecule has 1 aromatic carbocycles. The van der Waals surface area contributed by atoms with Crippen LogP contribution in [0.2, 0.25) is 5.02 Å². The van der Waals surface area contributed by atoms with Crippen molar-refractivity contribution in [1.82, 2.24) is 10.4 Å². The van der Waals surface area contributed by atoms with Gasteiger partial charge in [-0.2, -0.15) is 0 Å². The highest BCUT2D eigenvalue weighted by Gasteiger charge is 2.22. The molecular weight excluding hydrogens is 345 g/mol. The predicted octanol–water partition coefficient (Wildman–Crippen LogP) is 3.81. The van der Waals surface area contributed by atoms with E-state index in [-0.39, 0.29) is 5.02 Å². The number of halogens is 3. The van der Waals surface area contributed by atoms with Crippen molar-refractivity contribution in [1.29, 1.82) is 0 Å². The van der Waals surface area contributed by atoms with E-state index in [0.29, 0.717) is 15.7 Å². The molecule has 1 atom stereocenters. The molecule has 0 aliphatic carbocycles. The molecule has 0 spiro atoms. The largest absolute Gasteiger partial charge is 0.271 e. The molecule has 3 N–H and O–H groups in total. The molecule has 1 unspecified atom stereocenters. The van der Waals surface area contributed by atoms with E-state index >= 15 is 0 Å². The third kappa shape index (κ3) is 2.86. The normalized spacial score (nSPS) is 12.5. The van der Waals surface area contributed by atoms with Gasteiger partial charge >= 0.3 is 0 Å². The number of hydrogen-bond acceptors (Lipinski definition) is 3. The van der Waals surface area contributed by atoms with Gasteiger partial charge in [-0.05, 0) is 47.0 Å². The van der Waals surface area contributed by atoms with Gasteiger partial charge in [0.15, 0.2) is 0 Å². The Morgan fingerprint density at radius 3 is 2.70 bits per heavy atom. The van der Waals surface area contributed by atoms with E-state index in [9.17, 15) is 4.39 Å². The predicted molar refractivity (Wildman–Crippen MR) is 82.0 cm³/mol. The molecule has 0 amide bonds. The Balaban J connectivity index is 2.55. The molecule has 2 rings (SSSR count). The molecule has 0 saturated carbocycles. The summed E-state index contributed by atoms with van der Waals surface area (Å²) in [4.78, 5) is 4.35. The van der Waals surface area contributed by atoms with Gasteiger partial charge in [-0.1, -0.05) is 23.7 Å². The van der Waals surface area contributed by atoms with E-state index < -0.39 is 11.9 Å². The lowest BCUT2D eigenvalue weighted by Gasteiger charge is -2.19. The first-order chi connectivity index (χ1) is 9.45. The standard InChI is InChI=1S/C14H14BrClFN3/c1-7-5-8(2)13(19-6-7)14(20-18)9-3-4-10(15)11(16)12(9)17/h3-6,14,20H,18H2,1-2H3. The van der Waals surface area contributed by atoms with Crippen LogP contribution in [-0.2, 0) is 0 Å². The van der Waals surface area contributed by atoms with Gasteiger partial charge in [0.05, 0.1) is 16.8 Å². The van der Waals surface area contributed by atoms with E-state index in [2.05, 4.69) is 26.3 Å². The molecule has 2 aromatic rings. The first-order valence-corrected chi connectivity index (χ1v) is 7.15. The van der Waals surface area contributed by atoms with Crippen molar-refractivity contribution in [3.05, 3.63) is 62.1 Å². The van der Waals surface area contributed by atoms with E-state index in [1.807, 2.05) is 19.9 Å². The minimum Gasteiger partial charge on any atom is -0.271 e. The van der Waals surface area contributed by atoms with Gasteiger partial charge in [-0.15, -0.1) is 0 Å².